The van der Waals surface area contributed by atoms with E-state index in [1.165, 1.54) is 0 Å². The third kappa shape index (κ3) is 1.95. The number of amides is 1. The Kier molecular flexibility index (Phi) is 2.69. The number of nitrogen functional groups attached to an aromatic ring is 1. The molecule has 1 aliphatic heterocycles. The molecule has 2 aromatic rings. The number of hydrogen-bond acceptors (Lipinski definition) is 3. The molecule has 2 atom stereocenters. The first kappa shape index (κ1) is 12.0. The Morgan fingerprint density at radius 1 is 1.37 bits per heavy atom. The highest BCUT2D eigenvalue weighted by atomic mass is 16.2. The molecule has 0 bridgehead atoms. The molecular weight excluding hydrogens is 240 g/mol. The molecule has 3 rings (SSSR count). The molecule has 1 saturated heterocycles. The highest BCUT2D eigenvalue weighted by Crippen LogP contribution is 2.26. The van der Waals surface area contributed by atoms with Gasteiger partial charge in [0.25, 0.3) is 5.91 Å². The van der Waals surface area contributed by atoms with Crippen LogP contribution in [0.4, 0.5) is 5.69 Å². The molecule has 5 nitrogen and oxygen atoms in total. The Bertz CT molecular complexity index is 623. The van der Waals surface area contributed by atoms with Crippen molar-refractivity contribution in [3.63, 3.8) is 0 Å². The lowest BCUT2D eigenvalue weighted by molar-refractivity contribution is 0.0781. The van der Waals surface area contributed by atoms with E-state index in [0.29, 0.717) is 23.2 Å². The van der Waals surface area contributed by atoms with Crippen LogP contribution >= 0.6 is 0 Å². The number of aromatic nitrogens is 2. The van der Waals surface area contributed by atoms with Crippen LogP contribution in [0.15, 0.2) is 18.2 Å². The molecule has 1 aromatic carbocycles. The van der Waals surface area contributed by atoms with Gasteiger partial charge in [0.15, 0.2) is 5.69 Å². The van der Waals surface area contributed by atoms with E-state index >= 15 is 0 Å². The van der Waals surface area contributed by atoms with Crippen LogP contribution in [0.25, 0.3) is 10.9 Å². The van der Waals surface area contributed by atoms with Gasteiger partial charge in [-0.1, -0.05) is 13.8 Å². The van der Waals surface area contributed by atoms with Crippen molar-refractivity contribution in [3.05, 3.63) is 23.9 Å². The number of carbonyl (C=O) groups excluding carboxylic acids is 1. The quantitative estimate of drug-likeness (QED) is 0.767. The maximum atomic E-state index is 12.5. The topological polar surface area (TPSA) is 75.0 Å². The van der Waals surface area contributed by atoms with Crippen LogP contribution in [0.3, 0.4) is 0 Å². The normalized spacial score (nSPS) is 23.2. The van der Waals surface area contributed by atoms with Crippen LogP contribution in [0.1, 0.15) is 24.3 Å². The molecule has 5 heteroatoms. The SMILES string of the molecule is CC1CN(C(=O)c2n[nH]c3ccc(N)cc23)CC1C. The zero-order valence-corrected chi connectivity index (χ0v) is 11.2. The lowest BCUT2D eigenvalue weighted by Crippen LogP contribution is -2.29. The number of likely N-dealkylation sites (tertiary alicyclic amines) is 1. The number of fused-ring (bicyclic) bond motifs is 1. The highest BCUT2D eigenvalue weighted by molar-refractivity contribution is 6.05. The van der Waals surface area contributed by atoms with Crippen LogP contribution in [0.5, 0.6) is 0 Å². The van der Waals surface area contributed by atoms with E-state index in [0.717, 1.165) is 24.0 Å². The summed E-state index contributed by atoms with van der Waals surface area (Å²) in [6, 6.07) is 5.45. The third-order valence-electron chi connectivity index (χ3n) is 4.06. The Labute approximate surface area is 111 Å². The van der Waals surface area contributed by atoms with Gasteiger partial charge in [-0.3, -0.25) is 9.89 Å². The number of nitrogens with zero attached hydrogens (tertiary/aromatic N) is 2. The van der Waals surface area contributed by atoms with Crippen molar-refractivity contribution in [2.45, 2.75) is 13.8 Å². The zero-order valence-electron chi connectivity index (χ0n) is 11.2. The predicted molar refractivity (Wildman–Crippen MR) is 74.7 cm³/mol. The molecule has 19 heavy (non-hydrogen) atoms. The van der Waals surface area contributed by atoms with E-state index in [-0.39, 0.29) is 5.91 Å². The van der Waals surface area contributed by atoms with Crippen molar-refractivity contribution >= 4 is 22.5 Å². The van der Waals surface area contributed by atoms with Gasteiger partial charge in [-0.25, -0.2) is 0 Å². The van der Waals surface area contributed by atoms with Gasteiger partial charge in [-0.05, 0) is 30.0 Å². The van der Waals surface area contributed by atoms with E-state index in [1.807, 2.05) is 11.0 Å². The van der Waals surface area contributed by atoms with Crippen molar-refractivity contribution in [2.24, 2.45) is 11.8 Å². The summed E-state index contributed by atoms with van der Waals surface area (Å²) in [5, 5.41) is 7.85. The lowest BCUT2D eigenvalue weighted by Gasteiger charge is -2.14. The number of anilines is 1. The van der Waals surface area contributed by atoms with Crippen LogP contribution in [0.2, 0.25) is 0 Å². The van der Waals surface area contributed by atoms with Gasteiger partial charge in [0.1, 0.15) is 0 Å². The second-order valence-corrected chi connectivity index (χ2v) is 5.54. The second kappa shape index (κ2) is 4.26. The minimum atomic E-state index is -0.00644. The fourth-order valence-corrected chi connectivity index (χ4v) is 2.64. The van der Waals surface area contributed by atoms with E-state index in [4.69, 9.17) is 5.73 Å². The Hall–Kier alpha value is -2.04. The van der Waals surface area contributed by atoms with Crippen molar-refractivity contribution < 1.29 is 4.79 Å². The molecule has 1 aromatic heterocycles. The monoisotopic (exact) mass is 258 g/mol. The molecule has 0 spiro atoms. The minimum absolute atomic E-state index is 0.00644. The Morgan fingerprint density at radius 2 is 2.05 bits per heavy atom. The molecule has 0 saturated carbocycles. The summed E-state index contributed by atoms with van der Waals surface area (Å²) < 4.78 is 0. The molecule has 100 valence electrons. The average Bonchev–Trinajstić information content (AvgIpc) is 2.93. The lowest BCUT2D eigenvalue weighted by atomic mass is 10.0. The maximum absolute atomic E-state index is 12.5. The van der Waals surface area contributed by atoms with Crippen molar-refractivity contribution in [3.8, 4) is 0 Å². The van der Waals surface area contributed by atoms with E-state index in [1.54, 1.807) is 12.1 Å². The fourth-order valence-electron chi connectivity index (χ4n) is 2.64. The van der Waals surface area contributed by atoms with Gasteiger partial charge in [-0.15, -0.1) is 0 Å². The highest BCUT2D eigenvalue weighted by Gasteiger charge is 2.31. The number of nitrogens with two attached hydrogens (primary N) is 1. The fraction of sp³-hybridized carbons (Fsp3) is 0.429. The van der Waals surface area contributed by atoms with Gasteiger partial charge in [-0.2, -0.15) is 5.10 Å². The number of nitrogens with one attached hydrogen (secondary N) is 1. The molecule has 2 heterocycles. The first-order valence-electron chi connectivity index (χ1n) is 6.59. The van der Waals surface area contributed by atoms with Crippen molar-refractivity contribution in [1.82, 2.24) is 15.1 Å². The number of H-pyrrole nitrogens is 1. The summed E-state index contributed by atoms with van der Waals surface area (Å²) in [5.41, 5.74) is 7.75. The van der Waals surface area contributed by atoms with Gasteiger partial charge in [0.05, 0.1) is 5.52 Å². The third-order valence-corrected chi connectivity index (χ3v) is 4.06. The summed E-state index contributed by atoms with van der Waals surface area (Å²) in [4.78, 5) is 14.4. The van der Waals surface area contributed by atoms with Crippen molar-refractivity contribution in [2.75, 3.05) is 18.8 Å². The first-order chi connectivity index (χ1) is 9.06. The zero-order chi connectivity index (χ0) is 13.6. The molecule has 0 aliphatic carbocycles. The van der Waals surface area contributed by atoms with Gasteiger partial charge in [0.2, 0.25) is 0 Å². The number of benzene rings is 1. The van der Waals surface area contributed by atoms with Gasteiger partial charge >= 0.3 is 0 Å². The van der Waals surface area contributed by atoms with Gasteiger partial charge in [0, 0.05) is 24.2 Å². The largest absolute Gasteiger partial charge is 0.399 e. The summed E-state index contributed by atoms with van der Waals surface area (Å²) >= 11 is 0. The van der Waals surface area contributed by atoms with Crippen LogP contribution < -0.4 is 5.73 Å². The van der Waals surface area contributed by atoms with E-state index in [9.17, 15) is 4.79 Å². The maximum Gasteiger partial charge on any atom is 0.275 e. The van der Waals surface area contributed by atoms with Gasteiger partial charge < -0.3 is 10.6 Å². The predicted octanol–water partition coefficient (Wildman–Crippen LogP) is 1.87. The molecular formula is C14H18N4O. The summed E-state index contributed by atoms with van der Waals surface area (Å²) in [6.45, 7) is 5.96. The number of hydrogen-bond donors (Lipinski definition) is 2. The Morgan fingerprint density at radius 3 is 2.74 bits per heavy atom. The molecule has 1 aliphatic rings. The molecule has 0 radical (unpaired) electrons. The van der Waals surface area contributed by atoms with Crippen LogP contribution in [-0.2, 0) is 0 Å². The summed E-state index contributed by atoms with van der Waals surface area (Å²) in [5.74, 6) is 1.08. The number of rotatable bonds is 1. The average molecular weight is 258 g/mol. The number of carbonyl (C=O) groups is 1. The molecule has 3 N–H and O–H groups in total. The molecule has 2 unspecified atom stereocenters. The van der Waals surface area contributed by atoms with Crippen LogP contribution in [-0.4, -0.2) is 34.1 Å². The Balaban J connectivity index is 1.96. The summed E-state index contributed by atoms with van der Waals surface area (Å²) in [6.07, 6.45) is 0. The standard InChI is InChI=1S/C14H18N4O/c1-8-6-18(7-9(8)2)14(19)13-11-5-10(15)3-4-12(11)16-17-13/h3-5,8-9H,6-7,15H2,1-2H3,(H,16,17). The first-order valence-corrected chi connectivity index (χ1v) is 6.59. The second-order valence-electron chi connectivity index (χ2n) is 5.54. The minimum Gasteiger partial charge on any atom is -0.399 e. The van der Waals surface area contributed by atoms with E-state index in [2.05, 4.69) is 24.0 Å². The smallest absolute Gasteiger partial charge is 0.275 e. The van der Waals surface area contributed by atoms with Crippen LogP contribution in [0, 0.1) is 11.8 Å². The number of aromatic amines is 1. The molecule has 1 fully saturated rings. The van der Waals surface area contributed by atoms with Crippen molar-refractivity contribution in [1.29, 1.82) is 0 Å². The molecule has 1 amide bonds. The van der Waals surface area contributed by atoms with E-state index < -0.39 is 0 Å². The summed E-state index contributed by atoms with van der Waals surface area (Å²) in [7, 11) is 0.